The van der Waals surface area contributed by atoms with Gasteiger partial charge < -0.3 is 9.88 Å². The zero-order chi connectivity index (χ0) is 18.7. The van der Waals surface area contributed by atoms with Crippen molar-refractivity contribution in [1.29, 1.82) is 0 Å². The molecule has 0 saturated carbocycles. The maximum Gasteiger partial charge on any atom is 0.230 e. The normalized spacial score (nSPS) is 11.2. The molecular weight excluding hydrogens is 425 g/mol. The van der Waals surface area contributed by atoms with Crippen LogP contribution in [-0.4, -0.2) is 10.5 Å². The van der Waals surface area contributed by atoms with Crippen molar-refractivity contribution in [2.75, 3.05) is 5.32 Å². The lowest BCUT2D eigenvalue weighted by molar-refractivity contribution is -0.115. The molecule has 0 atom stereocenters. The fourth-order valence-corrected chi connectivity index (χ4v) is 3.55. The van der Waals surface area contributed by atoms with Crippen LogP contribution in [0.25, 0.3) is 0 Å². The van der Waals surface area contributed by atoms with Crippen molar-refractivity contribution < 1.29 is 4.79 Å². The van der Waals surface area contributed by atoms with Crippen molar-refractivity contribution in [3.05, 3.63) is 73.9 Å². The van der Waals surface area contributed by atoms with Crippen LogP contribution in [0.15, 0.2) is 52.8 Å². The number of aromatic nitrogens is 1. The fraction of sp³-hybridized carbons (Fsp3) is 0.158. The Morgan fingerprint density at radius 2 is 1.89 bits per heavy atom. The van der Waals surface area contributed by atoms with Crippen LogP contribution in [0.4, 0.5) is 11.4 Å². The van der Waals surface area contributed by atoms with Gasteiger partial charge in [-0.25, -0.2) is 4.99 Å². The Bertz CT molecular complexity index is 1010. The van der Waals surface area contributed by atoms with E-state index in [2.05, 4.69) is 10.3 Å². The van der Waals surface area contributed by atoms with Crippen LogP contribution in [0, 0.1) is 6.92 Å². The summed E-state index contributed by atoms with van der Waals surface area (Å²) in [7, 11) is 1.90. The molecule has 8 heteroatoms. The molecule has 1 N–H and O–H groups in total. The van der Waals surface area contributed by atoms with E-state index in [-0.39, 0.29) is 24.7 Å². The van der Waals surface area contributed by atoms with Crippen LogP contribution in [0.5, 0.6) is 0 Å². The maximum absolute atomic E-state index is 12.3. The van der Waals surface area contributed by atoms with Gasteiger partial charge in [-0.1, -0.05) is 29.3 Å². The molecule has 0 aliphatic carbocycles. The van der Waals surface area contributed by atoms with Crippen LogP contribution in [0.3, 0.4) is 0 Å². The monoisotopic (exact) mass is 441 g/mol. The van der Waals surface area contributed by atoms with Crippen LogP contribution in [-0.2, 0) is 18.3 Å². The molecule has 4 nitrogen and oxygen atoms in total. The van der Waals surface area contributed by atoms with E-state index in [4.69, 9.17) is 23.2 Å². The van der Waals surface area contributed by atoms with Crippen LogP contribution < -0.4 is 10.1 Å². The highest BCUT2D eigenvalue weighted by Crippen LogP contribution is 2.20. The first-order chi connectivity index (χ1) is 12.4. The Labute approximate surface area is 177 Å². The Balaban J connectivity index is 0.00000261. The molecule has 0 spiro atoms. The van der Waals surface area contributed by atoms with Crippen molar-refractivity contribution >= 4 is 64.2 Å². The van der Waals surface area contributed by atoms with Crippen molar-refractivity contribution in [1.82, 2.24) is 4.57 Å². The summed E-state index contributed by atoms with van der Waals surface area (Å²) in [6, 6.07) is 12.8. The minimum atomic E-state index is -0.101. The molecule has 0 saturated heterocycles. The number of hydrogen-bond donors (Lipinski definition) is 1. The lowest BCUT2D eigenvalue weighted by Gasteiger charge is -2.07. The first-order valence-corrected chi connectivity index (χ1v) is 9.55. The summed E-state index contributed by atoms with van der Waals surface area (Å²) in [5, 5.41) is 6.12. The maximum atomic E-state index is 12.3. The number of rotatable bonds is 4. The van der Waals surface area contributed by atoms with E-state index in [1.807, 2.05) is 48.2 Å². The third kappa shape index (κ3) is 5.59. The zero-order valence-corrected chi connectivity index (χ0v) is 17.8. The van der Waals surface area contributed by atoms with E-state index in [1.165, 1.54) is 11.3 Å². The summed E-state index contributed by atoms with van der Waals surface area (Å²) in [6.07, 6.45) is 0.259. The summed E-state index contributed by atoms with van der Waals surface area (Å²) < 4.78 is 1.92. The molecule has 0 unspecified atom stereocenters. The standard InChI is InChI=1S/C19H17Cl2N3OS.ClH/c1-12-3-6-15(9-17(12)21)22-18(25)10-16-11-26-19(24(16)2)23-14-7-4-13(20)5-8-14;/h3-9,11H,10H2,1-2H3,(H,22,25);1H. The topological polar surface area (TPSA) is 46.4 Å². The molecule has 2 aromatic carbocycles. The smallest absolute Gasteiger partial charge is 0.230 e. The van der Waals surface area contributed by atoms with Gasteiger partial charge in [0.05, 0.1) is 12.1 Å². The van der Waals surface area contributed by atoms with Gasteiger partial charge in [0.25, 0.3) is 0 Å². The van der Waals surface area contributed by atoms with Crippen LogP contribution in [0.2, 0.25) is 10.0 Å². The number of hydrogen-bond acceptors (Lipinski definition) is 3. The SMILES string of the molecule is Cc1ccc(NC(=O)Cc2csc(=Nc3ccc(Cl)cc3)n2C)cc1Cl.Cl. The van der Waals surface area contributed by atoms with Gasteiger partial charge in [0, 0.05) is 33.9 Å². The number of nitrogens with one attached hydrogen (secondary N) is 1. The molecule has 3 aromatic rings. The molecule has 0 bridgehead atoms. The Morgan fingerprint density at radius 1 is 1.19 bits per heavy atom. The Hall–Kier alpha value is -1.79. The number of nitrogens with zero attached hydrogens (tertiary/aromatic N) is 2. The average molecular weight is 443 g/mol. The van der Waals surface area contributed by atoms with Crippen molar-refractivity contribution in [3.8, 4) is 0 Å². The molecule has 142 valence electrons. The number of anilines is 1. The second-order valence-electron chi connectivity index (χ2n) is 5.85. The summed E-state index contributed by atoms with van der Waals surface area (Å²) >= 11 is 13.5. The van der Waals surface area contributed by atoms with Crippen molar-refractivity contribution in [2.24, 2.45) is 12.0 Å². The number of aryl methyl sites for hydroxylation is 1. The number of amides is 1. The molecule has 0 radical (unpaired) electrons. The van der Waals surface area contributed by atoms with E-state index >= 15 is 0 Å². The molecular formula is C19H18Cl3N3OS. The van der Waals surface area contributed by atoms with Gasteiger partial charge in [0.1, 0.15) is 0 Å². The van der Waals surface area contributed by atoms with Crippen molar-refractivity contribution in [3.63, 3.8) is 0 Å². The second kappa shape index (κ2) is 9.42. The number of thiazole rings is 1. The number of carbonyl (C=O) groups is 1. The van der Waals surface area contributed by atoms with Crippen LogP contribution in [0.1, 0.15) is 11.3 Å². The van der Waals surface area contributed by atoms with E-state index in [0.717, 1.165) is 21.7 Å². The van der Waals surface area contributed by atoms with Crippen LogP contribution >= 0.6 is 46.9 Å². The molecule has 0 fully saturated rings. The Kier molecular flexibility index (Phi) is 7.50. The molecule has 1 heterocycles. The highest BCUT2D eigenvalue weighted by Gasteiger charge is 2.09. The van der Waals surface area contributed by atoms with Gasteiger partial charge in [-0.15, -0.1) is 23.7 Å². The summed E-state index contributed by atoms with van der Waals surface area (Å²) in [6.45, 7) is 1.92. The fourth-order valence-electron chi connectivity index (χ4n) is 2.33. The van der Waals surface area contributed by atoms with Gasteiger partial charge in [0.2, 0.25) is 5.91 Å². The first-order valence-electron chi connectivity index (χ1n) is 7.92. The molecule has 3 rings (SSSR count). The predicted molar refractivity (Wildman–Crippen MR) is 116 cm³/mol. The van der Waals surface area contributed by atoms with Gasteiger partial charge in [0.15, 0.2) is 4.80 Å². The Morgan fingerprint density at radius 3 is 2.56 bits per heavy atom. The minimum absolute atomic E-state index is 0. The lowest BCUT2D eigenvalue weighted by atomic mass is 10.2. The van der Waals surface area contributed by atoms with Gasteiger partial charge in [-0.05, 0) is 48.9 Å². The third-order valence-corrected chi connectivity index (χ3v) is 5.49. The molecule has 1 amide bonds. The number of benzene rings is 2. The minimum Gasteiger partial charge on any atom is -0.326 e. The summed E-state index contributed by atoms with van der Waals surface area (Å²) in [4.78, 5) is 17.7. The molecule has 0 aliphatic heterocycles. The molecule has 0 aliphatic rings. The zero-order valence-electron chi connectivity index (χ0n) is 14.7. The molecule has 1 aromatic heterocycles. The van der Waals surface area contributed by atoms with E-state index in [1.54, 1.807) is 18.2 Å². The lowest BCUT2D eigenvalue weighted by Crippen LogP contribution is -2.19. The summed E-state index contributed by atoms with van der Waals surface area (Å²) in [5.41, 5.74) is 3.37. The number of halogens is 3. The number of carbonyl (C=O) groups excluding carboxylic acids is 1. The van der Waals surface area contributed by atoms with Gasteiger partial charge >= 0.3 is 0 Å². The summed E-state index contributed by atoms with van der Waals surface area (Å²) in [5.74, 6) is -0.101. The van der Waals surface area contributed by atoms with Gasteiger partial charge in [-0.2, -0.15) is 0 Å². The van der Waals surface area contributed by atoms with E-state index < -0.39 is 0 Å². The van der Waals surface area contributed by atoms with Gasteiger partial charge in [-0.3, -0.25) is 4.79 Å². The predicted octanol–water partition coefficient (Wildman–Crippen LogP) is 5.54. The average Bonchev–Trinajstić information content (AvgIpc) is 2.93. The molecule has 27 heavy (non-hydrogen) atoms. The van der Waals surface area contributed by atoms with E-state index in [9.17, 15) is 4.79 Å². The largest absolute Gasteiger partial charge is 0.326 e. The highest BCUT2D eigenvalue weighted by atomic mass is 35.5. The highest BCUT2D eigenvalue weighted by molar-refractivity contribution is 7.07. The second-order valence-corrected chi connectivity index (χ2v) is 7.53. The third-order valence-electron chi connectivity index (χ3n) is 3.87. The quantitative estimate of drug-likeness (QED) is 0.567. The van der Waals surface area contributed by atoms with E-state index in [0.29, 0.717) is 15.7 Å². The van der Waals surface area contributed by atoms with Crippen molar-refractivity contribution in [2.45, 2.75) is 13.3 Å². The first kappa shape index (κ1) is 21.5.